The summed E-state index contributed by atoms with van der Waals surface area (Å²) in [5.74, 6) is -0.0468. The van der Waals surface area contributed by atoms with Gasteiger partial charge in [-0.05, 0) is 24.1 Å². The number of amides is 1. The van der Waals surface area contributed by atoms with Gasteiger partial charge in [-0.25, -0.2) is 4.98 Å². The molecule has 2 aromatic rings. The van der Waals surface area contributed by atoms with E-state index in [1.807, 2.05) is 13.0 Å². The molecule has 5 nitrogen and oxygen atoms in total. The molecule has 1 aliphatic heterocycles. The third-order valence-corrected chi connectivity index (χ3v) is 5.57. The SMILES string of the molecule is CCc1nc(N)sc1C(=O)N1CCO[C@H](c2ccc(Cl)c(Cl)c2)C1. The van der Waals surface area contributed by atoms with Gasteiger partial charge in [0.05, 0.1) is 28.9 Å². The number of aromatic nitrogens is 1. The van der Waals surface area contributed by atoms with Crippen molar-refractivity contribution in [1.29, 1.82) is 0 Å². The number of carbonyl (C=O) groups is 1. The first kappa shape index (κ1) is 17.5. The van der Waals surface area contributed by atoms with Crippen LogP contribution >= 0.6 is 34.5 Å². The van der Waals surface area contributed by atoms with E-state index < -0.39 is 0 Å². The molecule has 0 unspecified atom stereocenters. The molecule has 1 fully saturated rings. The van der Waals surface area contributed by atoms with Crippen molar-refractivity contribution in [3.8, 4) is 0 Å². The van der Waals surface area contributed by atoms with Crippen LogP contribution in [0.5, 0.6) is 0 Å². The Labute approximate surface area is 154 Å². The molecule has 8 heteroatoms. The van der Waals surface area contributed by atoms with Gasteiger partial charge in [0.15, 0.2) is 5.13 Å². The molecule has 1 aliphatic rings. The third-order valence-electron chi connectivity index (χ3n) is 3.91. The number of hydrogen-bond donors (Lipinski definition) is 1. The van der Waals surface area contributed by atoms with Crippen molar-refractivity contribution in [2.24, 2.45) is 0 Å². The van der Waals surface area contributed by atoms with Gasteiger partial charge in [0.1, 0.15) is 11.0 Å². The van der Waals surface area contributed by atoms with Crippen molar-refractivity contribution < 1.29 is 9.53 Å². The number of benzene rings is 1. The van der Waals surface area contributed by atoms with Crippen molar-refractivity contribution in [3.63, 3.8) is 0 Å². The van der Waals surface area contributed by atoms with Crippen LogP contribution in [-0.4, -0.2) is 35.5 Å². The second-order valence-corrected chi connectivity index (χ2v) is 7.31. The number of carbonyl (C=O) groups excluding carboxylic acids is 1. The van der Waals surface area contributed by atoms with Crippen LogP contribution in [0.25, 0.3) is 0 Å². The molecule has 128 valence electrons. The number of aryl methyl sites for hydroxylation is 1. The van der Waals surface area contributed by atoms with Gasteiger partial charge < -0.3 is 15.4 Å². The topological polar surface area (TPSA) is 68.5 Å². The van der Waals surface area contributed by atoms with Gasteiger partial charge in [0.25, 0.3) is 5.91 Å². The maximum absolute atomic E-state index is 12.8. The van der Waals surface area contributed by atoms with Gasteiger partial charge >= 0.3 is 0 Å². The molecule has 24 heavy (non-hydrogen) atoms. The van der Waals surface area contributed by atoms with Gasteiger partial charge in [0, 0.05) is 6.54 Å². The second kappa shape index (κ2) is 7.27. The minimum atomic E-state index is -0.229. The summed E-state index contributed by atoms with van der Waals surface area (Å²) in [4.78, 5) is 19.5. The molecule has 2 heterocycles. The summed E-state index contributed by atoms with van der Waals surface area (Å²) in [7, 11) is 0. The molecule has 0 aliphatic carbocycles. The molecule has 2 N–H and O–H groups in total. The molecule has 1 atom stereocenters. The Kier molecular flexibility index (Phi) is 5.30. The van der Waals surface area contributed by atoms with E-state index in [0.717, 1.165) is 11.3 Å². The number of halogens is 2. The smallest absolute Gasteiger partial charge is 0.266 e. The Morgan fingerprint density at radius 2 is 2.25 bits per heavy atom. The number of anilines is 1. The summed E-state index contributed by atoms with van der Waals surface area (Å²) in [6.45, 7) is 3.42. The minimum absolute atomic E-state index is 0.0468. The van der Waals surface area contributed by atoms with Crippen molar-refractivity contribution in [3.05, 3.63) is 44.4 Å². The van der Waals surface area contributed by atoms with Crippen molar-refractivity contribution >= 4 is 45.6 Å². The standard InChI is InChI=1S/C16H17Cl2N3O2S/c1-2-12-14(24-16(19)20-12)15(22)21-5-6-23-13(8-21)9-3-4-10(17)11(18)7-9/h3-4,7,13H,2,5-6,8H2,1H3,(H2,19,20)/t13-/m0/s1. The fraction of sp³-hybridized carbons (Fsp3) is 0.375. The van der Waals surface area contributed by atoms with Crippen LogP contribution in [0.15, 0.2) is 18.2 Å². The van der Waals surface area contributed by atoms with Gasteiger partial charge in [-0.15, -0.1) is 0 Å². The Bertz CT molecular complexity index is 766. The summed E-state index contributed by atoms with van der Waals surface area (Å²) in [5.41, 5.74) is 7.41. The quantitative estimate of drug-likeness (QED) is 0.871. The van der Waals surface area contributed by atoms with E-state index in [2.05, 4.69) is 4.98 Å². The predicted octanol–water partition coefficient (Wildman–Crippen LogP) is 3.81. The van der Waals surface area contributed by atoms with E-state index >= 15 is 0 Å². The molecule has 3 rings (SSSR count). The second-order valence-electron chi connectivity index (χ2n) is 5.47. The van der Waals surface area contributed by atoms with Gasteiger partial charge in [-0.2, -0.15) is 0 Å². The fourth-order valence-corrected chi connectivity index (χ4v) is 3.86. The number of hydrogen-bond acceptors (Lipinski definition) is 5. The van der Waals surface area contributed by atoms with Crippen LogP contribution < -0.4 is 5.73 Å². The normalized spacial score (nSPS) is 18.0. The maximum atomic E-state index is 12.8. The molecule has 1 amide bonds. The Balaban J connectivity index is 1.79. The molecule has 0 spiro atoms. The summed E-state index contributed by atoms with van der Waals surface area (Å²) in [6, 6.07) is 5.39. The first-order chi connectivity index (χ1) is 11.5. The van der Waals surface area contributed by atoms with E-state index in [1.54, 1.807) is 17.0 Å². The molecule has 0 saturated carbocycles. The van der Waals surface area contributed by atoms with Crippen molar-refractivity contribution in [1.82, 2.24) is 9.88 Å². The summed E-state index contributed by atoms with van der Waals surface area (Å²) in [6.07, 6.45) is 0.447. The molecule has 0 bridgehead atoms. The first-order valence-corrected chi connectivity index (χ1v) is 9.17. The van der Waals surface area contributed by atoms with E-state index in [-0.39, 0.29) is 12.0 Å². The van der Waals surface area contributed by atoms with Crippen LogP contribution in [0.1, 0.15) is 34.0 Å². The van der Waals surface area contributed by atoms with Gasteiger partial charge in [-0.3, -0.25) is 4.79 Å². The number of rotatable bonds is 3. The van der Waals surface area contributed by atoms with Gasteiger partial charge in [-0.1, -0.05) is 47.5 Å². The van der Waals surface area contributed by atoms with E-state index in [9.17, 15) is 4.79 Å². The molecule has 1 aromatic heterocycles. The highest BCUT2D eigenvalue weighted by Crippen LogP contribution is 2.30. The molecule has 0 radical (unpaired) electrons. The van der Waals surface area contributed by atoms with Crippen LogP contribution in [0.3, 0.4) is 0 Å². The molecule has 1 saturated heterocycles. The Morgan fingerprint density at radius 1 is 1.46 bits per heavy atom. The zero-order valence-corrected chi connectivity index (χ0v) is 15.4. The lowest BCUT2D eigenvalue weighted by molar-refractivity contribution is -0.0226. The monoisotopic (exact) mass is 385 g/mol. The lowest BCUT2D eigenvalue weighted by Gasteiger charge is -2.33. The highest BCUT2D eigenvalue weighted by Gasteiger charge is 2.29. The third kappa shape index (κ3) is 3.52. The summed E-state index contributed by atoms with van der Waals surface area (Å²) in [5, 5.41) is 1.39. The zero-order valence-electron chi connectivity index (χ0n) is 13.1. The number of nitrogens with two attached hydrogens (primary N) is 1. The van der Waals surface area contributed by atoms with Crippen LogP contribution in [0.2, 0.25) is 10.0 Å². The van der Waals surface area contributed by atoms with Crippen LogP contribution in [0.4, 0.5) is 5.13 Å². The lowest BCUT2D eigenvalue weighted by Crippen LogP contribution is -2.42. The van der Waals surface area contributed by atoms with E-state index in [1.165, 1.54) is 11.3 Å². The number of nitrogen functional groups attached to an aromatic ring is 1. The first-order valence-electron chi connectivity index (χ1n) is 7.60. The minimum Gasteiger partial charge on any atom is -0.375 e. The van der Waals surface area contributed by atoms with Crippen LogP contribution in [0, 0.1) is 0 Å². The zero-order chi connectivity index (χ0) is 17.3. The van der Waals surface area contributed by atoms with Crippen molar-refractivity contribution in [2.75, 3.05) is 25.4 Å². The Hall–Kier alpha value is -1.34. The fourth-order valence-electron chi connectivity index (χ4n) is 2.67. The largest absolute Gasteiger partial charge is 0.375 e. The predicted molar refractivity (Wildman–Crippen MR) is 97.0 cm³/mol. The van der Waals surface area contributed by atoms with Crippen molar-refractivity contribution in [2.45, 2.75) is 19.4 Å². The molecular formula is C16H17Cl2N3O2S. The highest BCUT2D eigenvalue weighted by molar-refractivity contribution is 7.17. The maximum Gasteiger partial charge on any atom is 0.266 e. The number of nitrogens with zero attached hydrogens (tertiary/aromatic N) is 2. The Morgan fingerprint density at radius 3 is 2.96 bits per heavy atom. The van der Waals surface area contributed by atoms with Crippen LogP contribution in [-0.2, 0) is 11.2 Å². The number of ether oxygens (including phenoxy) is 1. The average Bonchev–Trinajstić information content (AvgIpc) is 2.97. The molecule has 1 aromatic carbocycles. The van der Waals surface area contributed by atoms with E-state index in [0.29, 0.717) is 46.2 Å². The van der Waals surface area contributed by atoms with E-state index in [4.69, 9.17) is 33.7 Å². The highest BCUT2D eigenvalue weighted by atomic mass is 35.5. The van der Waals surface area contributed by atoms with Gasteiger partial charge in [0.2, 0.25) is 0 Å². The lowest BCUT2D eigenvalue weighted by atomic mass is 10.1. The molecular weight excluding hydrogens is 369 g/mol. The number of thiazole rings is 1. The summed E-state index contributed by atoms with van der Waals surface area (Å²) >= 11 is 13.3. The summed E-state index contributed by atoms with van der Waals surface area (Å²) < 4.78 is 5.80. The average molecular weight is 386 g/mol. The number of morpholine rings is 1.